The van der Waals surface area contributed by atoms with Crippen molar-refractivity contribution in [2.45, 2.75) is 6.54 Å². The Bertz CT molecular complexity index is 581. The average Bonchev–Trinajstić information content (AvgIpc) is 2.72. The molecule has 0 aliphatic rings. The predicted octanol–water partition coefficient (Wildman–Crippen LogP) is 1.20. The van der Waals surface area contributed by atoms with Gasteiger partial charge in [0.1, 0.15) is 17.1 Å². The van der Waals surface area contributed by atoms with Crippen LogP contribution in [0.5, 0.6) is 0 Å². The van der Waals surface area contributed by atoms with Gasteiger partial charge >= 0.3 is 0 Å². The third kappa shape index (κ3) is 2.62. The number of nitrogens with one attached hydrogen (secondary N) is 1. The molecule has 5 nitrogen and oxygen atoms in total. The Morgan fingerprint density at radius 1 is 1.56 bits per heavy atom. The van der Waals surface area contributed by atoms with Crippen molar-refractivity contribution in [3.63, 3.8) is 0 Å². The summed E-state index contributed by atoms with van der Waals surface area (Å²) in [5, 5.41) is 7.13. The van der Waals surface area contributed by atoms with Crippen LogP contribution in [0.15, 0.2) is 24.5 Å². The Morgan fingerprint density at radius 3 is 2.94 bits per heavy atom. The zero-order chi connectivity index (χ0) is 13.1. The average molecular weight is 265 g/mol. The minimum Gasteiger partial charge on any atom is -0.389 e. The van der Waals surface area contributed by atoms with Crippen LogP contribution in [-0.2, 0) is 13.6 Å². The molecular formula is C11H12FN5S. The number of hydrogen-bond acceptors (Lipinski definition) is 4. The third-order valence-electron chi connectivity index (χ3n) is 2.34. The number of aryl methyl sites for hydroxylation is 1. The lowest BCUT2D eigenvalue weighted by Gasteiger charge is -2.10. The first-order valence-electron chi connectivity index (χ1n) is 5.24. The van der Waals surface area contributed by atoms with Gasteiger partial charge in [-0.15, -0.1) is 0 Å². The molecule has 1 heterocycles. The smallest absolute Gasteiger partial charge is 0.169 e. The van der Waals surface area contributed by atoms with Gasteiger partial charge in [-0.25, -0.2) is 9.37 Å². The van der Waals surface area contributed by atoms with Crippen LogP contribution >= 0.6 is 12.2 Å². The SMILES string of the molecule is Cn1cnc(CNc2cccc(F)c2C(N)=S)n1. The quantitative estimate of drug-likeness (QED) is 0.813. The molecule has 0 radical (unpaired) electrons. The van der Waals surface area contributed by atoms with Gasteiger partial charge in [0.15, 0.2) is 5.82 Å². The summed E-state index contributed by atoms with van der Waals surface area (Å²) in [5.41, 5.74) is 6.25. The van der Waals surface area contributed by atoms with Crippen molar-refractivity contribution in [2.24, 2.45) is 12.8 Å². The van der Waals surface area contributed by atoms with E-state index in [1.54, 1.807) is 30.2 Å². The fourth-order valence-corrected chi connectivity index (χ4v) is 1.77. The number of benzene rings is 1. The van der Waals surface area contributed by atoms with Crippen LogP contribution in [0.25, 0.3) is 0 Å². The van der Waals surface area contributed by atoms with Crippen molar-refractivity contribution in [1.29, 1.82) is 0 Å². The highest BCUT2D eigenvalue weighted by molar-refractivity contribution is 7.80. The van der Waals surface area contributed by atoms with E-state index in [2.05, 4.69) is 15.4 Å². The Kier molecular flexibility index (Phi) is 3.52. The van der Waals surface area contributed by atoms with Crippen molar-refractivity contribution in [3.8, 4) is 0 Å². The van der Waals surface area contributed by atoms with E-state index in [1.807, 2.05) is 0 Å². The monoisotopic (exact) mass is 265 g/mol. The molecular weight excluding hydrogens is 253 g/mol. The highest BCUT2D eigenvalue weighted by Gasteiger charge is 2.11. The van der Waals surface area contributed by atoms with E-state index in [9.17, 15) is 4.39 Å². The van der Waals surface area contributed by atoms with Crippen LogP contribution in [0.1, 0.15) is 11.4 Å². The van der Waals surface area contributed by atoms with E-state index < -0.39 is 5.82 Å². The molecule has 0 atom stereocenters. The van der Waals surface area contributed by atoms with Crippen LogP contribution in [0, 0.1) is 5.82 Å². The minimum absolute atomic E-state index is 0.0181. The lowest BCUT2D eigenvalue weighted by Crippen LogP contribution is -2.15. The molecule has 2 rings (SSSR count). The maximum Gasteiger partial charge on any atom is 0.169 e. The van der Waals surface area contributed by atoms with E-state index in [1.165, 1.54) is 6.07 Å². The topological polar surface area (TPSA) is 68.8 Å². The molecule has 2 aromatic rings. The van der Waals surface area contributed by atoms with E-state index in [-0.39, 0.29) is 10.6 Å². The van der Waals surface area contributed by atoms with Crippen molar-refractivity contribution in [2.75, 3.05) is 5.32 Å². The summed E-state index contributed by atoms with van der Waals surface area (Å²) in [4.78, 5) is 4.08. The summed E-state index contributed by atoms with van der Waals surface area (Å²) in [7, 11) is 1.78. The lowest BCUT2D eigenvalue weighted by molar-refractivity contribution is 0.626. The highest BCUT2D eigenvalue weighted by atomic mass is 32.1. The second-order valence-corrected chi connectivity index (χ2v) is 4.15. The number of nitrogens with zero attached hydrogens (tertiary/aromatic N) is 3. The Hall–Kier alpha value is -2.02. The molecule has 0 saturated carbocycles. The molecule has 18 heavy (non-hydrogen) atoms. The van der Waals surface area contributed by atoms with Crippen LogP contribution in [0.2, 0.25) is 0 Å². The number of hydrogen-bond donors (Lipinski definition) is 2. The fraction of sp³-hybridized carbons (Fsp3) is 0.182. The van der Waals surface area contributed by atoms with Gasteiger partial charge in [0.2, 0.25) is 0 Å². The largest absolute Gasteiger partial charge is 0.389 e. The van der Waals surface area contributed by atoms with E-state index >= 15 is 0 Å². The van der Waals surface area contributed by atoms with Crippen LogP contribution < -0.4 is 11.1 Å². The van der Waals surface area contributed by atoms with Gasteiger partial charge in [-0.1, -0.05) is 18.3 Å². The number of thiocarbonyl (C=S) groups is 1. The zero-order valence-electron chi connectivity index (χ0n) is 9.72. The zero-order valence-corrected chi connectivity index (χ0v) is 10.5. The van der Waals surface area contributed by atoms with Crippen molar-refractivity contribution >= 4 is 22.9 Å². The number of rotatable bonds is 4. The summed E-state index contributed by atoms with van der Waals surface area (Å²) in [6.45, 7) is 0.375. The standard InChI is InChI=1S/C11H12FN5S/c1-17-6-15-9(16-17)5-14-8-4-2-3-7(12)10(8)11(13)18/h2-4,6,14H,5H2,1H3,(H2,13,18). The summed E-state index contributed by atoms with van der Waals surface area (Å²) < 4.78 is 15.2. The summed E-state index contributed by atoms with van der Waals surface area (Å²) >= 11 is 4.83. The molecule has 1 aromatic carbocycles. The van der Waals surface area contributed by atoms with Crippen LogP contribution in [0.3, 0.4) is 0 Å². The van der Waals surface area contributed by atoms with Gasteiger partial charge in [0, 0.05) is 12.7 Å². The Labute approximate surface area is 109 Å². The lowest BCUT2D eigenvalue weighted by atomic mass is 10.1. The second kappa shape index (κ2) is 5.09. The molecule has 0 aliphatic heterocycles. The highest BCUT2D eigenvalue weighted by Crippen LogP contribution is 2.19. The number of nitrogens with two attached hydrogens (primary N) is 1. The van der Waals surface area contributed by atoms with E-state index in [4.69, 9.17) is 18.0 Å². The summed E-state index contributed by atoms with van der Waals surface area (Å²) in [6, 6.07) is 4.62. The fourth-order valence-electron chi connectivity index (χ4n) is 1.56. The van der Waals surface area contributed by atoms with E-state index in [0.717, 1.165) is 0 Å². The van der Waals surface area contributed by atoms with Gasteiger partial charge in [-0.05, 0) is 12.1 Å². The van der Waals surface area contributed by atoms with Crippen LogP contribution in [-0.4, -0.2) is 19.8 Å². The molecule has 1 aromatic heterocycles. The van der Waals surface area contributed by atoms with Gasteiger partial charge in [-0.2, -0.15) is 5.10 Å². The Morgan fingerprint density at radius 2 is 2.33 bits per heavy atom. The van der Waals surface area contributed by atoms with Crippen molar-refractivity contribution in [3.05, 3.63) is 41.7 Å². The summed E-state index contributed by atoms with van der Waals surface area (Å²) in [6.07, 6.45) is 1.59. The minimum atomic E-state index is -0.443. The molecule has 0 amide bonds. The molecule has 0 saturated heterocycles. The maximum atomic E-state index is 13.6. The molecule has 0 spiro atoms. The van der Waals surface area contributed by atoms with E-state index in [0.29, 0.717) is 18.1 Å². The normalized spacial score (nSPS) is 10.3. The first-order valence-corrected chi connectivity index (χ1v) is 5.65. The molecule has 0 unspecified atom stereocenters. The molecule has 94 valence electrons. The third-order valence-corrected chi connectivity index (χ3v) is 2.55. The molecule has 0 bridgehead atoms. The molecule has 0 fully saturated rings. The van der Waals surface area contributed by atoms with Crippen LogP contribution in [0.4, 0.5) is 10.1 Å². The first kappa shape index (κ1) is 12.4. The first-order chi connectivity index (χ1) is 8.58. The second-order valence-electron chi connectivity index (χ2n) is 3.71. The van der Waals surface area contributed by atoms with Gasteiger partial charge in [0.25, 0.3) is 0 Å². The molecule has 7 heteroatoms. The number of anilines is 1. The number of aromatic nitrogens is 3. The van der Waals surface area contributed by atoms with Gasteiger partial charge in [-0.3, -0.25) is 4.68 Å². The molecule has 0 aliphatic carbocycles. The maximum absolute atomic E-state index is 13.6. The van der Waals surface area contributed by atoms with Crippen molar-refractivity contribution in [1.82, 2.24) is 14.8 Å². The predicted molar refractivity (Wildman–Crippen MR) is 70.6 cm³/mol. The molecule has 3 N–H and O–H groups in total. The number of halogens is 1. The van der Waals surface area contributed by atoms with Crippen molar-refractivity contribution < 1.29 is 4.39 Å². The van der Waals surface area contributed by atoms with Gasteiger partial charge in [0.05, 0.1) is 12.1 Å². The van der Waals surface area contributed by atoms with Gasteiger partial charge < -0.3 is 11.1 Å². The Balaban J connectivity index is 2.19. The summed E-state index contributed by atoms with van der Waals surface area (Å²) in [5.74, 6) is 0.164.